The predicted molar refractivity (Wildman–Crippen MR) is 72.2 cm³/mol. The van der Waals surface area contributed by atoms with E-state index in [-0.39, 0.29) is 5.91 Å². The minimum absolute atomic E-state index is 0.152. The molecule has 4 N–H and O–H groups in total. The summed E-state index contributed by atoms with van der Waals surface area (Å²) in [6, 6.07) is 1.67. The van der Waals surface area contributed by atoms with Crippen LogP contribution >= 0.6 is 0 Å². The Bertz CT molecular complexity index is 380. The van der Waals surface area contributed by atoms with Crippen LogP contribution in [0.25, 0.3) is 0 Å². The molecule has 18 heavy (non-hydrogen) atoms. The number of carbonyl (C=O) groups is 1. The third kappa shape index (κ3) is 4.68. The van der Waals surface area contributed by atoms with Crippen LogP contribution in [0.3, 0.4) is 0 Å². The number of anilines is 1. The Morgan fingerprint density at radius 1 is 1.44 bits per heavy atom. The summed E-state index contributed by atoms with van der Waals surface area (Å²) in [7, 11) is 4.07. The molecule has 0 unspecified atom stereocenters. The van der Waals surface area contributed by atoms with Crippen molar-refractivity contribution in [2.75, 3.05) is 32.6 Å². The molecule has 6 nitrogen and oxygen atoms in total. The maximum Gasteiger partial charge on any atom is 0.255 e. The minimum Gasteiger partial charge on any atom is -0.352 e. The second kappa shape index (κ2) is 7.62. The standard InChI is InChI=1S/C12H21N5O/c1-17(2)8-4-3-6-15-12(18)10-9-14-7-5-11(10)16-13/h5,7,9H,3-4,6,8,13H2,1-2H3,(H,14,16)(H,15,18). The zero-order chi connectivity index (χ0) is 13.4. The van der Waals surface area contributed by atoms with Gasteiger partial charge in [0.2, 0.25) is 0 Å². The number of unbranched alkanes of at least 4 members (excludes halogenated alkanes) is 1. The highest BCUT2D eigenvalue weighted by Crippen LogP contribution is 2.11. The average molecular weight is 251 g/mol. The van der Waals surface area contributed by atoms with Crippen molar-refractivity contribution in [2.24, 2.45) is 5.84 Å². The lowest BCUT2D eigenvalue weighted by Crippen LogP contribution is -2.27. The molecule has 6 heteroatoms. The van der Waals surface area contributed by atoms with Gasteiger partial charge in [-0.15, -0.1) is 0 Å². The van der Waals surface area contributed by atoms with Crippen LogP contribution in [0.2, 0.25) is 0 Å². The molecule has 0 radical (unpaired) electrons. The predicted octanol–water partition coefficient (Wildman–Crippen LogP) is 0.439. The fraction of sp³-hybridized carbons (Fsp3) is 0.500. The van der Waals surface area contributed by atoms with E-state index < -0.39 is 0 Å². The fourth-order valence-corrected chi connectivity index (χ4v) is 1.55. The molecule has 1 rings (SSSR count). The molecule has 0 bridgehead atoms. The van der Waals surface area contributed by atoms with E-state index in [1.807, 2.05) is 14.1 Å². The van der Waals surface area contributed by atoms with Crippen LogP contribution in [0.1, 0.15) is 23.2 Å². The molecule has 0 aliphatic carbocycles. The SMILES string of the molecule is CN(C)CCCCNC(=O)c1cnccc1NN. The number of hydrazine groups is 1. The molecule has 0 aliphatic heterocycles. The Labute approximate surface area is 108 Å². The van der Waals surface area contributed by atoms with Crippen molar-refractivity contribution in [3.63, 3.8) is 0 Å². The molecule has 0 saturated heterocycles. The molecule has 0 aliphatic rings. The van der Waals surface area contributed by atoms with Gasteiger partial charge in [0.1, 0.15) is 0 Å². The normalized spacial score (nSPS) is 10.4. The summed E-state index contributed by atoms with van der Waals surface area (Å²) in [5.41, 5.74) is 3.53. The smallest absolute Gasteiger partial charge is 0.255 e. The highest BCUT2D eigenvalue weighted by molar-refractivity contribution is 5.99. The van der Waals surface area contributed by atoms with Crippen LogP contribution in [0.4, 0.5) is 5.69 Å². The topological polar surface area (TPSA) is 83.3 Å². The first-order valence-corrected chi connectivity index (χ1v) is 5.98. The van der Waals surface area contributed by atoms with Crippen LogP contribution in [0, 0.1) is 0 Å². The zero-order valence-electron chi connectivity index (χ0n) is 10.9. The van der Waals surface area contributed by atoms with Gasteiger partial charge in [-0.25, -0.2) is 0 Å². The first kappa shape index (κ1) is 14.4. The molecule has 0 spiro atoms. The molecule has 1 amide bonds. The summed E-state index contributed by atoms with van der Waals surface area (Å²) in [4.78, 5) is 17.9. The number of pyridine rings is 1. The van der Waals surface area contributed by atoms with Crippen LogP contribution in [0.15, 0.2) is 18.5 Å². The van der Waals surface area contributed by atoms with E-state index in [0.29, 0.717) is 17.8 Å². The lowest BCUT2D eigenvalue weighted by molar-refractivity contribution is 0.0953. The Balaban J connectivity index is 2.36. The van der Waals surface area contributed by atoms with E-state index in [1.54, 1.807) is 12.3 Å². The van der Waals surface area contributed by atoms with E-state index in [2.05, 4.69) is 20.6 Å². The molecular formula is C12H21N5O. The van der Waals surface area contributed by atoms with Gasteiger partial charge in [-0.05, 0) is 39.5 Å². The minimum atomic E-state index is -0.152. The van der Waals surface area contributed by atoms with Crippen molar-refractivity contribution >= 4 is 11.6 Å². The first-order valence-electron chi connectivity index (χ1n) is 5.98. The number of aromatic nitrogens is 1. The molecule has 1 aromatic heterocycles. The number of hydrogen-bond donors (Lipinski definition) is 3. The summed E-state index contributed by atoms with van der Waals surface area (Å²) in [5, 5.41) is 2.85. The Morgan fingerprint density at radius 2 is 2.22 bits per heavy atom. The maximum atomic E-state index is 11.9. The number of hydrogen-bond acceptors (Lipinski definition) is 5. The van der Waals surface area contributed by atoms with E-state index in [0.717, 1.165) is 19.4 Å². The third-order valence-electron chi connectivity index (χ3n) is 2.54. The molecule has 1 heterocycles. The van der Waals surface area contributed by atoms with Crippen molar-refractivity contribution in [3.05, 3.63) is 24.0 Å². The summed E-state index contributed by atoms with van der Waals surface area (Å²) in [6.07, 6.45) is 5.10. The van der Waals surface area contributed by atoms with E-state index in [4.69, 9.17) is 5.84 Å². The van der Waals surface area contributed by atoms with Gasteiger partial charge in [-0.2, -0.15) is 0 Å². The van der Waals surface area contributed by atoms with Crippen LogP contribution in [-0.4, -0.2) is 43.0 Å². The van der Waals surface area contributed by atoms with Crippen molar-refractivity contribution in [1.82, 2.24) is 15.2 Å². The maximum absolute atomic E-state index is 11.9. The number of nitrogens with zero attached hydrogens (tertiary/aromatic N) is 2. The molecule has 0 saturated carbocycles. The van der Waals surface area contributed by atoms with Gasteiger partial charge < -0.3 is 15.6 Å². The Morgan fingerprint density at radius 3 is 2.89 bits per heavy atom. The lowest BCUT2D eigenvalue weighted by atomic mass is 10.2. The second-order valence-electron chi connectivity index (χ2n) is 4.33. The summed E-state index contributed by atoms with van der Waals surface area (Å²) in [5.74, 6) is 5.18. The molecule has 0 aromatic carbocycles. The van der Waals surface area contributed by atoms with Gasteiger partial charge in [0, 0.05) is 18.9 Å². The Hall–Kier alpha value is -1.66. The van der Waals surface area contributed by atoms with Crippen LogP contribution in [-0.2, 0) is 0 Å². The van der Waals surface area contributed by atoms with Gasteiger partial charge in [-0.1, -0.05) is 0 Å². The summed E-state index contributed by atoms with van der Waals surface area (Å²) >= 11 is 0. The van der Waals surface area contributed by atoms with Crippen molar-refractivity contribution < 1.29 is 4.79 Å². The molecular weight excluding hydrogens is 230 g/mol. The van der Waals surface area contributed by atoms with Crippen LogP contribution < -0.4 is 16.6 Å². The van der Waals surface area contributed by atoms with Gasteiger partial charge in [-0.3, -0.25) is 15.6 Å². The summed E-state index contributed by atoms with van der Waals surface area (Å²) in [6.45, 7) is 1.68. The lowest BCUT2D eigenvalue weighted by Gasteiger charge is -2.10. The number of carbonyl (C=O) groups excluding carboxylic acids is 1. The highest BCUT2D eigenvalue weighted by Gasteiger charge is 2.09. The zero-order valence-corrected chi connectivity index (χ0v) is 10.9. The first-order chi connectivity index (χ1) is 8.65. The van der Waals surface area contributed by atoms with E-state index in [1.165, 1.54) is 6.20 Å². The van der Waals surface area contributed by atoms with Crippen molar-refractivity contribution in [3.8, 4) is 0 Å². The largest absolute Gasteiger partial charge is 0.352 e. The van der Waals surface area contributed by atoms with E-state index >= 15 is 0 Å². The van der Waals surface area contributed by atoms with Gasteiger partial charge >= 0.3 is 0 Å². The number of rotatable bonds is 7. The number of amides is 1. The van der Waals surface area contributed by atoms with Gasteiger partial charge in [0.25, 0.3) is 5.91 Å². The Kier molecular flexibility index (Phi) is 6.10. The summed E-state index contributed by atoms with van der Waals surface area (Å²) < 4.78 is 0. The number of nitrogen functional groups attached to an aromatic ring is 1. The van der Waals surface area contributed by atoms with Gasteiger partial charge in [0.05, 0.1) is 11.3 Å². The number of nitrogens with two attached hydrogens (primary N) is 1. The van der Waals surface area contributed by atoms with Crippen molar-refractivity contribution in [2.45, 2.75) is 12.8 Å². The quantitative estimate of drug-likeness (QED) is 0.372. The molecule has 0 atom stereocenters. The number of nitrogens with one attached hydrogen (secondary N) is 2. The average Bonchev–Trinajstić information content (AvgIpc) is 2.37. The molecule has 1 aromatic rings. The third-order valence-corrected chi connectivity index (χ3v) is 2.54. The molecule has 100 valence electrons. The van der Waals surface area contributed by atoms with Crippen molar-refractivity contribution in [1.29, 1.82) is 0 Å². The monoisotopic (exact) mass is 251 g/mol. The highest BCUT2D eigenvalue weighted by atomic mass is 16.1. The fourth-order valence-electron chi connectivity index (χ4n) is 1.55. The van der Waals surface area contributed by atoms with E-state index in [9.17, 15) is 4.79 Å². The van der Waals surface area contributed by atoms with Crippen LogP contribution in [0.5, 0.6) is 0 Å². The second-order valence-corrected chi connectivity index (χ2v) is 4.33. The van der Waals surface area contributed by atoms with Gasteiger partial charge in [0.15, 0.2) is 0 Å². The molecule has 0 fully saturated rings.